The number of rotatable bonds is 2. The number of aromatic amines is 2. The second kappa shape index (κ2) is 5.11. The van der Waals surface area contributed by atoms with E-state index in [0.29, 0.717) is 0 Å². The van der Waals surface area contributed by atoms with Gasteiger partial charge in [0.25, 0.3) is 0 Å². The number of alkyl halides is 1. The molecule has 1 unspecified atom stereocenters. The highest BCUT2D eigenvalue weighted by Gasteiger charge is 2.12. The summed E-state index contributed by atoms with van der Waals surface area (Å²) in [6.07, 6.45) is 0. The maximum Gasteiger partial charge on any atom is 0.323 e. The van der Waals surface area contributed by atoms with Gasteiger partial charge in [-0.2, -0.15) is 0 Å². The second-order valence-corrected chi connectivity index (χ2v) is 6.16. The molecule has 3 rings (SSSR count). The van der Waals surface area contributed by atoms with Crippen LogP contribution in [0, 0.1) is 6.92 Å². The maximum atomic E-state index is 11.3. The number of fused-ring (bicyclic) bond motifs is 1. The van der Waals surface area contributed by atoms with Crippen molar-refractivity contribution >= 4 is 38.6 Å². The summed E-state index contributed by atoms with van der Waals surface area (Å²) in [5.41, 5.74) is 4.69. The zero-order valence-corrected chi connectivity index (χ0v) is 13.0. The van der Waals surface area contributed by atoms with Gasteiger partial charge in [-0.05, 0) is 47.9 Å². The SMILES string of the molecule is Cc1cc(Cl)cc(C(Br)c2ccc3[nH]c(=O)[nH]c3c2)c1. The summed E-state index contributed by atoms with van der Waals surface area (Å²) >= 11 is 9.80. The van der Waals surface area contributed by atoms with Crippen LogP contribution in [-0.2, 0) is 0 Å². The molecule has 5 heteroatoms. The van der Waals surface area contributed by atoms with Gasteiger partial charge in [0.15, 0.2) is 0 Å². The Hall–Kier alpha value is -1.52. The van der Waals surface area contributed by atoms with Crippen LogP contribution in [0.3, 0.4) is 0 Å². The summed E-state index contributed by atoms with van der Waals surface area (Å²) < 4.78 is 0. The highest BCUT2D eigenvalue weighted by molar-refractivity contribution is 9.09. The summed E-state index contributed by atoms with van der Waals surface area (Å²) in [5, 5.41) is 0.723. The fourth-order valence-electron chi connectivity index (χ4n) is 2.31. The molecule has 0 amide bonds. The Balaban J connectivity index is 2.06. The summed E-state index contributed by atoms with van der Waals surface area (Å²) in [6.45, 7) is 2.02. The lowest BCUT2D eigenvalue weighted by Gasteiger charge is -2.12. The minimum absolute atomic E-state index is 0.0303. The second-order valence-electron chi connectivity index (χ2n) is 4.81. The van der Waals surface area contributed by atoms with Crippen LogP contribution in [0.1, 0.15) is 21.5 Å². The average Bonchev–Trinajstić information content (AvgIpc) is 2.75. The quantitative estimate of drug-likeness (QED) is 0.664. The van der Waals surface area contributed by atoms with Crippen molar-refractivity contribution in [1.29, 1.82) is 0 Å². The standard InChI is InChI=1S/C15H12BrClN2O/c1-8-4-10(6-11(17)5-8)14(16)9-2-3-12-13(7-9)19-15(20)18-12/h2-7,14H,1H3,(H2,18,19,20). The molecule has 1 heterocycles. The molecular weight excluding hydrogens is 340 g/mol. The zero-order valence-electron chi connectivity index (χ0n) is 10.7. The van der Waals surface area contributed by atoms with Crippen LogP contribution in [0.2, 0.25) is 5.02 Å². The Morgan fingerprint density at radius 1 is 1.05 bits per heavy atom. The number of H-pyrrole nitrogens is 2. The number of hydrogen-bond acceptors (Lipinski definition) is 1. The first-order valence-corrected chi connectivity index (χ1v) is 7.45. The summed E-state index contributed by atoms with van der Waals surface area (Å²) in [7, 11) is 0. The van der Waals surface area contributed by atoms with E-state index in [1.165, 1.54) is 0 Å². The number of imidazole rings is 1. The molecule has 0 aliphatic heterocycles. The molecule has 0 spiro atoms. The number of nitrogens with one attached hydrogen (secondary N) is 2. The fourth-order valence-corrected chi connectivity index (χ4v) is 3.16. The number of halogens is 2. The Kier molecular flexibility index (Phi) is 3.44. The van der Waals surface area contributed by atoms with Gasteiger partial charge < -0.3 is 9.97 Å². The minimum Gasteiger partial charge on any atom is -0.306 e. The summed E-state index contributed by atoms with van der Waals surface area (Å²) in [4.78, 5) is 16.8. The van der Waals surface area contributed by atoms with E-state index in [2.05, 4.69) is 32.0 Å². The predicted octanol–water partition coefficient (Wildman–Crippen LogP) is 4.30. The molecule has 0 aliphatic rings. The van der Waals surface area contributed by atoms with E-state index in [9.17, 15) is 4.79 Å². The van der Waals surface area contributed by atoms with E-state index < -0.39 is 0 Å². The van der Waals surface area contributed by atoms with Gasteiger partial charge in [-0.15, -0.1) is 0 Å². The number of aromatic nitrogens is 2. The van der Waals surface area contributed by atoms with Crippen LogP contribution in [0.4, 0.5) is 0 Å². The molecule has 1 atom stereocenters. The molecule has 2 N–H and O–H groups in total. The Bertz CT molecular complexity index is 817. The fraction of sp³-hybridized carbons (Fsp3) is 0.133. The van der Waals surface area contributed by atoms with Crippen molar-refractivity contribution in [2.75, 3.05) is 0 Å². The highest BCUT2D eigenvalue weighted by Crippen LogP contribution is 2.33. The smallest absolute Gasteiger partial charge is 0.306 e. The van der Waals surface area contributed by atoms with Gasteiger partial charge >= 0.3 is 5.69 Å². The molecule has 102 valence electrons. The Morgan fingerprint density at radius 3 is 2.55 bits per heavy atom. The molecule has 20 heavy (non-hydrogen) atoms. The third kappa shape index (κ3) is 2.53. The normalized spacial score (nSPS) is 12.8. The van der Waals surface area contributed by atoms with Crippen molar-refractivity contribution in [3.8, 4) is 0 Å². The van der Waals surface area contributed by atoms with Gasteiger partial charge in [0.2, 0.25) is 0 Å². The van der Waals surface area contributed by atoms with Crippen LogP contribution < -0.4 is 5.69 Å². The lowest BCUT2D eigenvalue weighted by Crippen LogP contribution is -1.99. The van der Waals surface area contributed by atoms with E-state index in [1.807, 2.05) is 37.3 Å². The van der Waals surface area contributed by atoms with Gasteiger partial charge in [0.05, 0.1) is 15.9 Å². The summed E-state index contributed by atoms with van der Waals surface area (Å²) in [5.74, 6) is 0. The number of hydrogen-bond donors (Lipinski definition) is 2. The van der Waals surface area contributed by atoms with Gasteiger partial charge in [-0.1, -0.05) is 39.7 Å². The van der Waals surface area contributed by atoms with Crippen molar-refractivity contribution in [3.05, 3.63) is 68.6 Å². The topological polar surface area (TPSA) is 48.6 Å². The van der Waals surface area contributed by atoms with Crippen LogP contribution in [0.5, 0.6) is 0 Å². The van der Waals surface area contributed by atoms with Gasteiger partial charge in [-0.3, -0.25) is 0 Å². The van der Waals surface area contributed by atoms with Crippen LogP contribution in [0.15, 0.2) is 41.2 Å². The molecule has 3 aromatic rings. The van der Waals surface area contributed by atoms with Gasteiger partial charge in [-0.25, -0.2) is 4.79 Å². The molecule has 2 aromatic carbocycles. The van der Waals surface area contributed by atoms with Crippen LogP contribution in [-0.4, -0.2) is 9.97 Å². The van der Waals surface area contributed by atoms with Crippen molar-refractivity contribution < 1.29 is 0 Å². The molecule has 0 radical (unpaired) electrons. The van der Waals surface area contributed by atoms with E-state index in [0.717, 1.165) is 32.7 Å². The number of benzene rings is 2. The molecule has 3 nitrogen and oxygen atoms in total. The molecule has 0 saturated carbocycles. The molecule has 0 fully saturated rings. The van der Waals surface area contributed by atoms with E-state index in [1.54, 1.807) is 0 Å². The molecule has 1 aromatic heterocycles. The minimum atomic E-state index is -0.193. The first kappa shape index (κ1) is 13.5. The Morgan fingerprint density at radius 2 is 1.80 bits per heavy atom. The van der Waals surface area contributed by atoms with Crippen LogP contribution >= 0.6 is 27.5 Å². The monoisotopic (exact) mass is 350 g/mol. The molecular formula is C15H12BrClN2O. The van der Waals surface area contributed by atoms with Crippen molar-refractivity contribution in [2.45, 2.75) is 11.8 Å². The number of aryl methyl sites for hydroxylation is 1. The first-order valence-electron chi connectivity index (χ1n) is 6.16. The van der Waals surface area contributed by atoms with Gasteiger partial charge in [0, 0.05) is 5.02 Å². The zero-order chi connectivity index (χ0) is 14.3. The molecule has 0 aliphatic carbocycles. The predicted molar refractivity (Wildman–Crippen MR) is 85.9 cm³/mol. The Labute approximate surface area is 129 Å². The lowest BCUT2D eigenvalue weighted by molar-refractivity contribution is 1.17. The molecule has 0 bridgehead atoms. The molecule has 0 saturated heterocycles. The van der Waals surface area contributed by atoms with Gasteiger partial charge in [0.1, 0.15) is 0 Å². The van der Waals surface area contributed by atoms with Crippen molar-refractivity contribution in [3.63, 3.8) is 0 Å². The van der Waals surface area contributed by atoms with Crippen LogP contribution in [0.25, 0.3) is 11.0 Å². The highest BCUT2D eigenvalue weighted by atomic mass is 79.9. The van der Waals surface area contributed by atoms with Crippen molar-refractivity contribution in [1.82, 2.24) is 9.97 Å². The van der Waals surface area contributed by atoms with E-state index in [4.69, 9.17) is 11.6 Å². The van der Waals surface area contributed by atoms with E-state index >= 15 is 0 Å². The largest absolute Gasteiger partial charge is 0.323 e. The first-order chi connectivity index (χ1) is 9.52. The summed E-state index contributed by atoms with van der Waals surface area (Å²) in [6, 6.07) is 11.8. The average molecular weight is 352 g/mol. The van der Waals surface area contributed by atoms with Crippen molar-refractivity contribution in [2.24, 2.45) is 0 Å². The lowest BCUT2D eigenvalue weighted by atomic mass is 10.0. The third-order valence-corrected chi connectivity index (χ3v) is 4.47. The maximum absolute atomic E-state index is 11.3. The third-order valence-electron chi connectivity index (χ3n) is 3.19. The van der Waals surface area contributed by atoms with E-state index in [-0.39, 0.29) is 10.5 Å².